The van der Waals surface area contributed by atoms with Crippen molar-refractivity contribution in [3.05, 3.63) is 24.2 Å². The van der Waals surface area contributed by atoms with Gasteiger partial charge in [0.25, 0.3) is 5.91 Å². The summed E-state index contributed by atoms with van der Waals surface area (Å²) >= 11 is 0. The number of imidazole rings is 1. The molecule has 2 fully saturated rings. The SMILES string of the molecule is Cn1cnc2cc(C(=O)NC3C4CCC(C4)C3CO)cnc21. The smallest absolute Gasteiger partial charge is 0.253 e. The van der Waals surface area contributed by atoms with Crippen molar-refractivity contribution < 1.29 is 9.90 Å². The predicted octanol–water partition coefficient (Wildman–Crippen LogP) is 1.11. The molecule has 4 atom stereocenters. The van der Waals surface area contributed by atoms with Gasteiger partial charge in [-0.25, -0.2) is 9.97 Å². The van der Waals surface area contributed by atoms with Crippen molar-refractivity contribution in [2.75, 3.05) is 6.61 Å². The number of amides is 1. The summed E-state index contributed by atoms with van der Waals surface area (Å²) in [7, 11) is 1.88. The van der Waals surface area contributed by atoms with E-state index in [0.29, 0.717) is 17.4 Å². The van der Waals surface area contributed by atoms with Gasteiger partial charge in [0, 0.05) is 31.8 Å². The average molecular weight is 300 g/mol. The van der Waals surface area contributed by atoms with Crippen LogP contribution in [-0.2, 0) is 7.05 Å². The molecule has 6 heteroatoms. The summed E-state index contributed by atoms with van der Waals surface area (Å²) in [5.74, 6) is 1.17. The third kappa shape index (κ3) is 2.01. The maximum atomic E-state index is 12.5. The van der Waals surface area contributed by atoms with E-state index in [1.165, 1.54) is 6.42 Å². The van der Waals surface area contributed by atoms with E-state index in [1.807, 2.05) is 11.6 Å². The maximum absolute atomic E-state index is 12.5. The summed E-state index contributed by atoms with van der Waals surface area (Å²) in [4.78, 5) is 21.1. The molecular formula is C16H20N4O2. The largest absolute Gasteiger partial charge is 0.396 e. The minimum atomic E-state index is -0.115. The number of aryl methyl sites for hydroxylation is 1. The molecule has 0 spiro atoms. The fourth-order valence-electron chi connectivity index (χ4n) is 4.27. The molecule has 0 aliphatic heterocycles. The molecule has 2 bridgehead atoms. The Morgan fingerprint density at radius 1 is 1.41 bits per heavy atom. The fraction of sp³-hybridized carbons (Fsp3) is 0.562. The van der Waals surface area contributed by atoms with Crippen molar-refractivity contribution in [2.24, 2.45) is 24.8 Å². The first-order valence-corrected chi connectivity index (χ1v) is 7.86. The van der Waals surface area contributed by atoms with Gasteiger partial charge < -0.3 is 15.0 Å². The van der Waals surface area contributed by atoms with Crippen molar-refractivity contribution in [1.82, 2.24) is 19.9 Å². The number of pyridine rings is 1. The Morgan fingerprint density at radius 2 is 2.23 bits per heavy atom. The summed E-state index contributed by atoms with van der Waals surface area (Å²) in [6.07, 6.45) is 6.76. The van der Waals surface area contributed by atoms with E-state index in [4.69, 9.17) is 0 Å². The van der Waals surface area contributed by atoms with E-state index >= 15 is 0 Å². The van der Waals surface area contributed by atoms with Crippen LogP contribution in [0.4, 0.5) is 0 Å². The van der Waals surface area contributed by atoms with Crippen LogP contribution < -0.4 is 5.32 Å². The van der Waals surface area contributed by atoms with E-state index in [-0.39, 0.29) is 24.5 Å². The zero-order chi connectivity index (χ0) is 15.3. The Balaban J connectivity index is 1.55. The van der Waals surface area contributed by atoms with Gasteiger partial charge in [0.1, 0.15) is 5.52 Å². The zero-order valence-electron chi connectivity index (χ0n) is 12.6. The number of rotatable bonds is 3. The lowest BCUT2D eigenvalue weighted by molar-refractivity contribution is 0.0861. The quantitative estimate of drug-likeness (QED) is 0.889. The van der Waals surface area contributed by atoms with E-state index in [1.54, 1.807) is 18.6 Å². The highest BCUT2D eigenvalue weighted by Gasteiger charge is 2.47. The molecule has 4 rings (SSSR count). The topological polar surface area (TPSA) is 80.0 Å². The van der Waals surface area contributed by atoms with Crippen LogP contribution in [0.15, 0.2) is 18.6 Å². The van der Waals surface area contributed by atoms with Gasteiger partial charge in [0.15, 0.2) is 5.65 Å². The van der Waals surface area contributed by atoms with Crippen LogP contribution in [0.5, 0.6) is 0 Å². The van der Waals surface area contributed by atoms with Gasteiger partial charge >= 0.3 is 0 Å². The summed E-state index contributed by atoms with van der Waals surface area (Å²) in [5, 5.41) is 12.7. The molecular weight excluding hydrogens is 280 g/mol. The first-order valence-electron chi connectivity index (χ1n) is 7.86. The van der Waals surface area contributed by atoms with Crippen LogP contribution in [0, 0.1) is 17.8 Å². The molecule has 0 aromatic carbocycles. The van der Waals surface area contributed by atoms with Gasteiger partial charge in [-0.2, -0.15) is 0 Å². The number of nitrogens with one attached hydrogen (secondary N) is 1. The van der Waals surface area contributed by atoms with Gasteiger partial charge in [-0.1, -0.05) is 0 Å². The number of aromatic nitrogens is 3. The van der Waals surface area contributed by atoms with E-state index < -0.39 is 0 Å². The number of hydrogen-bond acceptors (Lipinski definition) is 4. The number of carbonyl (C=O) groups is 1. The molecule has 2 aliphatic rings. The Labute approximate surface area is 128 Å². The van der Waals surface area contributed by atoms with Gasteiger partial charge in [0.05, 0.1) is 11.9 Å². The molecule has 2 saturated carbocycles. The van der Waals surface area contributed by atoms with Crippen LogP contribution in [0.1, 0.15) is 29.6 Å². The molecule has 2 aliphatic carbocycles. The Morgan fingerprint density at radius 3 is 3.05 bits per heavy atom. The average Bonchev–Trinajstić information content (AvgIpc) is 3.22. The molecule has 4 unspecified atom stereocenters. The highest BCUT2D eigenvalue weighted by molar-refractivity contribution is 5.96. The van der Waals surface area contributed by atoms with Crippen molar-refractivity contribution in [1.29, 1.82) is 0 Å². The molecule has 0 saturated heterocycles. The number of aliphatic hydroxyl groups excluding tert-OH is 1. The highest BCUT2D eigenvalue weighted by atomic mass is 16.3. The summed E-state index contributed by atoms with van der Waals surface area (Å²) in [6.45, 7) is 0.156. The minimum absolute atomic E-state index is 0.0932. The number of carbonyl (C=O) groups excluding carboxylic acids is 1. The number of fused-ring (bicyclic) bond motifs is 3. The summed E-state index contributed by atoms with van der Waals surface area (Å²) in [6, 6.07) is 1.87. The third-order valence-electron chi connectivity index (χ3n) is 5.41. The standard InChI is InChI=1S/C16H20N4O2/c1-20-8-18-13-5-11(6-17-15(13)20)16(22)19-14-10-3-2-9(4-10)12(14)7-21/h5-6,8-10,12,14,21H,2-4,7H2,1H3,(H,19,22). The van der Waals surface area contributed by atoms with Crippen LogP contribution in [-0.4, -0.2) is 38.2 Å². The van der Waals surface area contributed by atoms with Gasteiger partial charge in [-0.3, -0.25) is 4.79 Å². The molecule has 2 heterocycles. The molecule has 6 nitrogen and oxygen atoms in total. The highest BCUT2D eigenvalue weighted by Crippen LogP contribution is 2.48. The zero-order valence-corrected chi connectivity index (χ0v) is 12.6. The molecule has 2 aromatic rings. The molecule has 0 radical (unpaired) electrons. The Bertz CT molecular complexity index is 726. The lowest BCUT2D eigenvalue weighted by Crippen LogP contribution is -2.45. The van der Waals surface area contributed by atoms with Gasteiger partial charge in [-0.05, 0) is 37.2 Å². The maximum Gasteiger partial charge on any atom is 0.253 e. The first-order chi connectivity index (χ1) is 10.7. The van der Waals surface area contributed by atoms with Crippen LogP contribution in [0.2, 0.25) is 0 Å². The van der Waals surface area contributed by atoms with Crippen molar-refractivity contribution >= 4 is 17.1 Å². The molecule has 116 valence electrons. The van der Waals surface area contributed by atoms with Crippen molar-refractivity contribution in [2.45, 2.75) is 25.3 Å². The number of nitrogens with zero attached hydrogens (tertiary/aromatic N) is 3. The number of aliphatic hydroxyl groups is 1. The van der Waals surface area contributed by atoms with Gasteiger partial charge in [-0.15, -0.1) is 0 Å². The van der Waals surface area contributed by atoms with E-state index in [2.05, 4.69) is 15.3 Å². The number of hydrogen-bond donors (Lipinski definition) is 2. The van der Waals surface area contributed by atoms with Crippen molar-refractivity contribution in [3.8, 4) is 0 Å². The first kappa shape index (κ1) is 13.7. The molecule has 1 amide bonds. The van der Waals surface area contributed by atoms with E-state index in [0.717, 1.165) is 24.0 Å². The fourth-order valence-corrected chi connectivity index (χ4v) is 4.27. The van der Waals surface area contributed by atoms with Gasteiger partial charge in [0.2, 0.25) is 0 Å². The lowest BCUT2D eigenvalue weighted by Gasteiger charge is -2.30. The minimum Gasteiger partial charge on any atom is -0.396 e. The molecule has 2 aromatic heterocycles. The molecule has 2 N–H and O–H groups in total. The van der Waals surface area contributed by atoms with Crippen LogP contribution >= 0.6 is 0 Å². The Hall–Kier alpha value is -1.95. The lowest BCUT2D eigenvalue weighted by atomic mass is 9.85. The second-order valence-electron chi connectivity index (χ2n) is 6.60. The predicted molar refractivity (Wildman–Crippen MR) is 81.2 cm³/mol. The second-order valence-corrected chi connectivity index (χ2v) is 6.60. The molecule has 22 heavy (non-hydrogen) atoms. The van der Waals surface area contributed by atoms with Crippen LogP contribution in [0.25, 0.3) is 11.2 Å². The van der Waals surface area contributed by atoms with E-state index in [9.17, 15) is 9.90 Å². The monoisotopic (exact) mass is 300 g/mol. The third-order valence-corrected chi connectivity index (χ3v) is 5.41. The summed E-state index contributed by atoms with van der Waals surface area (Å²) in [5.41, 5.74) is 2.03. The summed E-state index contributed by atoms with van der Waals surface area (Å²) < 4.78 is 1.83. The van der Waals surface area contributed by atoms with Crippen LogP contribution in [0.3, 0.4) is 0 Å². The normalized spacial score (nSPS) is 30.1. The second kappa shape index (κ2) is 5.05. The van der Waals surface area contributed by atoms with Crippen molar-refractivity contribution in [3.63, 3.8) is 0 Å². The Kier molecular flexibility index (Phi) is 3.14.